The summed E-state index contributed by atoms with van der Waals surface area (Å²) in [6.45, 7) is 5.65. The minimum atomic E-state index is -0.367. The summed E-state index contributed by atoms with van der Waals surface area (Å²) in [6.07, 6.45) is 5.08. The van der Waals surface area contributed by atoms with Crippen LogP contribution in [0.25, 0.3) is 0 Å². The van der Waals surface area contributed by atoms with Crippen LogP contribution in [-0.4, -0.2) is 78.6 Å². The number of para-hydroxylation sites is 1. The topological polar surface area (TPSA) is 113 Å². The summed E-state index contributed by atoms with van der Waals surface area (Å²) in [5, 5.41) is 16.0. The molecule has 1 fully saturated rings. The Labute approximate surface area is 241 Å². The van der Waals surface area contributed by atoms with Gasteiger partial charge in [-0.2, -0.15) is 0 Å². The Bertz CT molecular complexity index is 1230. The van der Waals surface area contributed by atoms with Crippen molar-refractivity contribution in [2.75, 3.05) is 38.9 Å². The highest BCUT2D eigenvalue weighted by molar-refractivity contribution is 6.01. The van der Waals surface area contributed by atoms with Crippen LogP contribution >= 0.6 is 0 Å². The average Bonchev–Trinajstić information content (AvgIpc) is 3.43. The number of hydrogen-bond donors (Lipinski definition) is 3. The minimum Gasteiger partial charge on any atom is -0.486 e. The van der Waals surface area contributed by atoms with Gasteiger partial charge in [0.15, 0.2) is 17.2 Å². The lowest BCUT2D eigenvalue weighted by molar-refractivity contribution is 0.0343. The van der Waals surface area contributed by atoms with Crippen molar-refractivity contribution >= 4 is 17.6 Å². The van der Waals surface area contributed by atoms with Gasteiger partial charge in [0.1, 0.15) is 6.10 Å². The van der Waals surface area contributed by atoms with Gasteiger partial charge in [-0.3, -0.25) is 9.69 Å². The van der Waals surface area contributed by atoms with E-state index in [-0.39, 0.29) is 49.4 Å². The van der Waals surface area contributed by atoms with Crippen LogP contribution in [0.5, 0.6) is 17.2 Å². The third kappa shape index (κ3) is 6.87. The highest BCUT2D eigenvalue weighted by Gasteiger charge is 2.35. The molecule has 10 nitrogen and oxygen atoms in total. The highest BCUT2D eigenvalue weighted by atomic mass is 16.7. The summed E-state index contributed by atoms with van der Waals surface area (Å²) < 4.78 is 17.6. The van der Waals surface area contributed by atoms with E-state index in [1.807, 2.05) is 32.2 Å². The smallest absolute Gasteiger partial charge is 0.319 e. The second-order valence-corrected chi connectivity index (χ2v) is 11.6. The van der Waals surface area contributed by atoms with Crippen LogP contribution in [0.4, 0.5) is 10.5 Å². The molecule has 3 amide bonds. The number of likely N-dealkylation sites (N-methyl/N-ethyl adjacent to an activating group) is 1. The quantitative estimate of drug-likeness (QED) is 0.439. The Morgan fingerprint density at radius 2 is 1.93 bits per heavy atom. The standard InChI is InChI=1S/C31H42N4O6/c1-20-15-35(21(2)18-36)30(37)24-10-7-11-25(33-31(38)32-23-8-5-4-6-9-23)29(24)41-28(20)17-34(3)16-22-12-13-26-27(14-22)40-19-39-26/h7,10-14,20-21,23,28,36H,4-6,8-9,15-19H2,1-3H3,(H2,32,33,38)/t20-,21+,28-/m0/s1. The van der Waals surface area contributed by atoms with Crippen molar-refractivity contribution in [1.29, 1.82) is 0 Å². The number of fused-ring (bicyclic) bond motifs is 2. The average molecular weight is 567 g/mol. The summed E-state index contributed by atoms with van der Waals surface area (Å²) in [4.78, 5) is 30.6. The van der Waals surface area contributed by atoms with E-state index < -0.39 is 0 Å². The van der Waals surface area contributed by atoms with E-state index in [4.69, 9.17) is 14.2 Å². The molecule has 3 atom stereocenters. The molecule has 3 aliphatic rings. The van der Waals surface area contributed by atoms with E-state index in [2.05, 4.69) is 22.5 Å². The number of ether oxygens (including phenoxy) is 3. The molecule has 0 bridgehead atoms. The molecular formula is C31H42N4O6. The molecule has 2 heterocycles. The predicted molar refractivity (Wildman–Crippen MR) is 156 cm³/mol. The summed E-state index contributed by atoms with van der Waals surface area (Å²) in [5.41, 5.74) is 1.91. The Hall–Kier alpha value is -3.50. The Balaban J connectivity index is 1.38. The maximum Gasteiger partial charge on any atom is 0.319 e. The lowest BCUT2D eigenvalue weighted by atomic mass is 9.96. The van der Waals surface area contributed by atoms with Crippen molar-refractivity contribution in [3.8, 4) is 17.2 Å². The number of nitrogens with zero attached hydrogens (tertiary/aromatic N) is 2. The van der Waals surface area contributed by atoms with E-state index >= 15 is 0 Å². The molecular weight excluding hydrogens is 524 g/mol. The molecule has 3 N–H and O–H groups in total. The van der Waals surface area contributed by atoms with E-state index in [0.29, 0.717) is 36.6 Å². The number of carbonyl (C=O) groups is 2. The number of aliphatic hydroxyl groups is 1. The molecule has 41 heavy (non-hydrogen) atoms. The van der Waals surface area contributed by atoms with Gasteiger partial charge >= 0.3 is 6.03 Å². The zero-order valence-electron chi connectivity index (χ0n) is 24.2. The third-order valence-electron chi connectivity index (χ3n) is 8.26. The Kier molecular flexibility index (Phi) is 9.19. The zero-order chi connectivity index (χ0) is 28.9. The molecule has 2 aromatic rings. The first kappa shape index (κ1) is 29.0. The van der Waals surface area contributed by atoms with Crippen molar-refractivity contribution in [2.24, 2.45) is 5.92 Å². The first-order valence-electron chi connectivity index (χ1n) is 14.7. The number of hydrogen-bond acceptors (Lipinski definition) is 7. The van der Waals surface area contributed by atoms with Crippen LogP contribution < -0.4 is 24.8 Å². The largest absolute Gasteiger partial charge is 0.486 e. The summed E-state index contributed by atoms with van der Waals surface area (Å²) in [5.74, 6) is 1.58. The maximum atomic E-state index is 13.7. The number of aliphatic hydroxyl groups excluding tert-OH is 1. The number of benzene rings is 2. The van der Waals surface area contributed by atoms with Crippen molar-refractivity contribution in [2.45, 2.75) is 70.7 Å². The molecule has 1 aliphatic carbocycles. The SMILES string of the molecule is C[C@H](CO)N1C[C@H](C)[C@H](CN(C)Cc2ccc3c(c2)OCO3)Oc2c(NC(=O)NC3CCCCC3)cccc2C1=O. The second-order valence-electron chi connectivity index (χ2n) is 11.6. The summed E-state index contributed by atoms with van der Waals surface area (Å²) in [6, 6.07) is 10.7. The molecule has 10 heteroatoms. The number of urea groups is 1. The van der Waals surface area contributed by atoms with Gasteiger partial charge in [-0.15, -0.1) is 0 Å². The fourth-order valence-corrected chi connectivity index (χ4v) is 5.87. The molecule has 0 radical (unpaired) electrons. The lowest BCUT2D eigenvalue weighted by Gasteiger charge is -2.38. The van der Waals surface area contributed by atoms with Gasteiger partial charge in [-0.1, -0.05) is 38.3 Å². The second kappa shape index (κ2) is 13.0. The number of anilines is 1. The number of carbonyl (C=O) groups excluding carboxylic acids is 2. The van der Waals surface area contributed by atoms with Gasteiger partial charge in [0.2, 0.25) is 6.79 Å². The maximum absolute atomic E-state index is 13.7. The van der Waals surface area contributed by atoms with Gasteiger partial charge in [0.05, 0.1) is 23.9 Å². The van der Waals surface area contributed by atoms with Crippen LogP contribution in [0.3, 0.4) is 0 Å². The Morgan fingerprint density at radius 1 is 1.15 bits per heavy atom. The monoisotopic (exact) mass is 566 g/mol. The summed E-state index contributed by atoms with van der Waals surface area (Å²) >= 11 is 0. The molecule has 0 spiro atoms. The minimum absolute atomic E-state index is 0.0515. The van der Waals surface area contributed by atoms with Gasteiger partial charge in [-0.25, -0.2) is 4.79 Å². The molecule has 5 rings (SSSR count). The first-order chi connectivity index (χ1) is 19.8. The van der Waals surface area contributed by atoms with Crippen molar-refractivity contribution in [3.05, 3.63) is 47.5 Å². The number of nitrogens with one attached hydrogen (secondary N) is 2. The summed E-state index contributed by atoms with van der Waals surface area (Å²) in [7, 11) is 2.03. The van der Waals surface area contributed by atoms with Gasteiger partial charge in [-0.05, 0) is 56.6 Å². The fourth-order valence-electron chi connectivity index (χ4n) is 5.87. The van der Waals surface area contributed by atoms with Crippen LogP contribution in [-0.2, 0) is 6.54 Å². The Morgan fingerprint density at radius 3 is 2.71 bits per heavy atom. The molecule has 222 valence electrons. The number of amides is 3. The van der Waals surface area contributed by atoms with Gasteiger partial charge < -0.3 is 34.9 Å². The molecule has 2 aliphatic heterocycles. The molecule has 0 aromatic heterocycles. The van der Waals surface area contributed by atoms with Crippen molar-refractivity contribution in [3.63, 3.8) is 0 Å². The van der Waals surface area contributed by atoms with Crippen LogP contribution in [0.2, 0.25) is 0 Å². The van der Waals surface area contributed by atoms with Gasteiger partial charge in [0.25, 0.3) is 5.91 Å². The third-order valence-corrected chi connectivity index (χ3v) is 8.26. The zero-order valence-corrected chi connectivity index (χ0v) is 24.2. The highest BCUT2D eigenvalue weighted by Crippen LogP contribution is 2.36. The molecule has 0 unspecified atom stereocenters. The van der Waals surface area contributed by atoms with Crippen molar-refractivity contribution < 1.29 is 28.9 Å². The van der Waals surface area contributed by atoms with E-state index in [1.54, 1.807) is 23.1 Å². The lowest BCUT2D eigenvalue weighted by Crippen LogP contribution is -2.50. The fraction of sp³-hybridized carbons (Fsp3) is 0.548. The van der Waals surface area contributed by atoms with Gasteiger partial charge in [0, 0.05) is 31.6 Å². The van der Waals surface area contributed by atoms with E-state index in [9.17, 15) is 14.7 Å². The first-order valence-corrected chi connectivity index (χ1v) is 14.7. The van der Waals surface area contributed by atoms with Crippen LogP contribution in [0.1, 0.15) is 61.9 Å². The predicted octanol–water partition coefficient (Wildman–Crippen LogP) is 4.22. The normalized spacial score (nSPS) is 21.5. The molecule has 2 aromatic carbocycles. The van der Waals surface area contributed by atoms with E-state index in [0.717, 1.165) is 42.7 Å². The number of rotatable bonds is 8. The van der Waals surface area contributed by atoms with Crippen LogP contribution in [0.15, 0.2) is 36.4 Å². The molecule has 1 saturated carbocycles. The van der Waals surface area contributed by atoms with Crippen LogP contribution in [0, 0.1) is 5.92 Å². The van der Waals surface area contributed by atoms with E-state index in [1.165, 1.54) is 6.42 Å². The van der Waals surface area contributed by atoms with Crippen molar-refractivity contribution in [1.82, 2.24) is 15.1 Å². The molecule has 0 saturated heterocycles.